The quantitative estimate of drug-likeness (QED) is 0.750. The maximum Gasteiger partial charge on any atom is 0.410 e. The Morgan fingerprint density at radius 1 is 1.16 bits per heavy atom. The van der Waals surface area contributed by atoms with E-state index in [1.165, 1.54) is 5.56 Å². The van der Waals surface area contributed by atoms with Gasteiger partial charge in [0.1, 0.15) is 11.9 Å². The molecule has 172 valence electrons. The van der Waals surface area contributed by atoms with Crippen molar-refractivity contribution in [2.24, 2.45) is 0 Å². The number of hydrogen-bond acceptors (Lipinski definition) is 7. The Hall–Kier alpha value is -2.58. The highest BCUT2D eigenvalue weighted by molar-refractivity contribution is 6.31. The third-order valence-electron chi connectivity index (χ3n) is 6.24. The molecule has 2 aromatic rings. The van der Waals surface area contributed by atoms with Gasteiger partial charge in [-0.05, 0) is 32.3 Å². The van der Waals surface area contributed by atoms with Crippen molar-refractivity contribution in [1.82, 2.24) is 19.8 Å². The minimum Gasteiger partial charge on any atom is -0.446 e. The highest BCUT2D eigenvalue weighted by Gasteiger charge is 2.36. The lowest BCUT2D eigenvalue weighted by molar-refractivity contribution is 0.0100. The average molecular weight is 459 g/mol. The number of amides is 1. The van der Waals surface area contributed by atoms with Crippen LogP contribution >= 0.6 is 11.6 Å². The number of anilines is 2. The van der Waals surface area contributed by atoms with E-state index in [4.69, 9.17) is 22.1 Å². The van der Waals surface area contributed by atoms with Crippen LogP contribution in [0.2, 0.25) is 5.15 Å². The SMILES string of the molecule is C[C@@H]1CN(c2cnc(Cl)c(N)n2)C[C@H](C)N1C(=O)OC1CCN(Cc2ccccc2)CC1. The first kappa shape index (κ1) is 22.6. The van der Waals surface area contributed by atoms with Gasteiger partial charge in [0.05, 0.1) is 18.3 Å². The van der Waals surface area contributed by atoms with Crippen LogP contribution in [0.4, 0.5) is 16.4 Å². The number of carbonyl (C=O) groups excluding carboxylic acids is 1. The zero-order valence-electron chi connectivity index (χ0n) is 18.7. The Labute approximate surface area is 194 Å². The van der Waals surface area contributed by atoms with E-state index in [9.17, 15) is 4.79 Å². The van der Waals surface area contributed by atoms with Gasteiger partial charge in [-0.2, -0.15) is 0 Å². The summed E-state index contributed by atoms with van der Waals surface area (Å²) < 4.78 is 5.92. The molecule has 0 unspecified atom stereocenters. The van der Waals surface area contributed by atoms with Gasteiger partial charge in [0, 0.05) is 32.7 Å². The van der Waals surface area contributed by atoms with E-state index in [-0.39, 0.29) is 35.3 Å². The normalized spacial score (nSPS) is 22.7. The van der Waals surface area contributed by atoms with Crippen LogP contribution in [0.25, 0.3) is 0 Å². The molecular weight excluding hydrogens is 428 g/mol. The number of piperazine rings is 1. The standard InChI is InChI=1S/C23H31ClN6O2/c1-16-13-29(20-12-26-21(24)22(25)27-20)14-17(2)30(16)23(31)32-19-8-10-28(11-9-19)15-18-6-4-3-5-7-18/h3-7,12,16-17,19H,8-11,13-15H2,1-2H3,(H2,25,27)/t16-,17+. The number of aromatic nitrogens is 2. The van der Waals surface area contributed by atoms with Crippen molar-refractivity contribution in [2.45, 2.75) is 51.4 Å². The maximum absolute atomic E-state index is 13.0. The molecule has 0 saturated carbocycles. The first-order valence-corrected chi connectivity index (χ1v) is 11.6. The van der Waals surface area contributed by atoms with E-state index in [2.05, 4.69) is 44.0 Å². The van der Waals surface area contributed by atoms with Crippen molar-refractivity contribution in [3.63, 3.8) is 0 Å². The number of nitrogens with two attached hydrogens (primary N) is 1. The second kappa shape index (κ2) is 9.92. The highest BCUT2D eigenvalue weighted by atomic mass is 35.5. The van der Waals surface area contributed by atoms with Gasteiger partial charge in [-0.1, -0.05) is 41.9 Å². The highest BCUT2D eigenvalue weighted by Crippen LogP contribution is 2.25. The molecular formula is C23H31ClN6O2. The van der Waals surface area contributed by atoms with E-state index >= 15 is 0 Å². The Balaban J connectivity index is 1.29. The number of rotatable bonds is 4. The molecule has 1 aromatic heterocycles. The number of carbonyl (C=O) groups is 1. The molecule has 1 aromatic carbocycles. The second-order valence-corrected chi connectivity index (χ2v) is 9.12. The monoisotopic (exact) mass is 458 g/mol. The summed E-state index contributed by atoms with van der Waals surface area (Å²) >= 11 is 5.89. The van der Waals surface area contributed by atoms with Crippen molar-refractivity contribution < 1.29 is 9.53 Å². The number of likely N-dealkylation sites (tertiary alicyclic amines) is 1. The summed E-state index contributed by atoms with van der Waals surface area (Å²) in [6.07, 6.45) is 3.08. The van der Waals surface area contributed by atoms with E-state index in [0.29, 0.717) is 18.9 Å². The van der Waals surface area contributed by atoms with E-state index < -0.39 is 0 Å². The van der Waals surface area contributed by atoms with Crippen LogP contribution in [0.3, 0.4) is 0 Å². The largest absolute Gasteiger partial charge is 0.446 e. The lowest BCUT2D eigenvalue weighted by Gasteiger charge is -2.44. The van der Waals surface area contributed by atoms with E-state index in [1.54, 1.807) is 6.20 Å². The number of halogens is 1. The Morgan fingerprint density at radius 2 is 1.81 bits per heavy atom. The fourth-order valence-electron chi connectivity index (χ4n) is 4.63. The topological polar surface area (TPSA) is 87.8 Å². The molecule has 32 heavy (non-hydrogen) atoms. The molecule has 2 N–H and O–H groups in total. The number of piperidine rings is 1. The molecule has 2 saturated heterocycles. The lowest BCUT2D eigenvalue weighted by Crippen LogP contribution is -2.59. The molecule has 9 heteroatoms. The number of nitrogen functional groups attached to an aromatic ring is 1. The smallest absolute Gasteiger partial charge is 0.410 e. The third-order valence-corrected chi connectivity index (χ3v) is 6.54. The fraction of sp³-hybridized carbons (Fsp3) is 0.522. The number of nitrogens with zero attached hydrogens (tertiary/aromatic N) is 5. The van der Waals surface area contributed by atoms with Crippen LogP contribution < -0.4 is 10.6 Å². The summed E-state index contributed by atoms with van der Waals surface area (Å²) in [6.45, 7) is 8.12. The molecule has 2 aliphatic heterocycles. The summed E-state index contributed by atoms with van der Waals surface area (Å²) in [7, 11) is 0. The van der Waals surface area contributed by atoms with Crippen molar-refractivity contribution in [3.05, 3.63) is 47.2 Å². The van der Waals surface area contributed by atoms with Gasteiger partial charge in [-0.25, -0.2) is 14.8 Å². The molecule has 0 bridgehead atoms. The van der Waals surface area contributed by atoms with Crippen molar-refractivity contribution >= 4 is 29.3 Å². The third kappa shape index (κ3) is 5.24. The first-order valence-electron chi connectivity index (χ1n) is 11.2. The molecule has 4 rings (SSSR count). The van der Waals surface area contributed by atoms with Crippen LogP contribution in [0.1, 0.15) is 32.3 Å². The molecule has 2 atom stereocenters. The molecule has 2 aliphatic rings. The minimum atomic E-state index is -0.229. The second-order valence-electron chi connectivity index (χ2n) is 8.76. The van der Waals surface area contributed by atoms with Crippen molar-refractivity contribution in [2.75, 3.05) is 36.8 Å². The van der Waals surface area contributed by atoms with E-state index in [0.717, 1.165) is 32.5 Å². The summed E-state index contributed by atoms with van der Waals surface area (Å²) in [5.74, 6) is 0.884. The lowest BCUT2D eigenvalue weighted by atomic mass is 10.1. The van der Waals surface area contributed by atoms with Crippen LogP contribution in [0.15, 0.2) is 36.5 Å². The first-order chi connectivity index (χ1) is 15.4. The molecule has 0 spiro atoms. The number of hydrogen-bond donors (Lipinski definition) is 1. The average Bonchev–Trinajstić information content (AvgIpc) is 2.77. The van der Waals surface area contributed by atoms with Gasteiger partial charge in [0.2, 0.25) is 0 Å². The zero-order valence-corrected chi connectivity index (χ0v) is 19.4. The van der Waals surface area contributed by atoms with Gasteiger partial charge >= 0.3 is 6.09 Å². The number of benzene rings is 1. The van der Waals surface area contributed by atoms with Gasteiger partial charge in [-0.3, -0.25) is 9.80 Å². The Kier molecular flexibility index (Phi) is 7.01. The predicted octanol–water partition coefficient (Wildman–Crippen LogP) is 3.41. The molecule has 1 amide bonds. The molecule has 0 radical (unpaired) electrons. The Morgan fingerprint density at radius 3 is 2.44 bits per heavy atom. The van der Waals surface area contributed by atoms with Crippen molar-refractivity contribution in [1.29, 1.82) is 0 Å². The summed E-state index contributed by atoms with van der Waals surface area (Å²) in [6, 6.07) is 10.4. The summed E-state index contributed by atoms with van der Waals surface area (Å²) in [4.78, 5) is 27.8. The number of ether oxygens (including phenoxy) is 1. The van der Waals surface area contributed by atoms with Crippen LogP contribution in [-0.4, -0.2) is 70.2 Å². The van der Waals surface area contributed by atoms with Gasteiger partial charge in [0.25, 0.3) is 0 Å². The predicted molar refractivity (Wildman–Crippen MR) is 126 cm³/mol. The molecule has 2 fully saturated rings. The van der Waals surface area contributed by atoms with Gasteiger partial charge in [-0.15, -0.1) is 0 Å². The van der Waals surface area contributed by atoms with Crippen LogP contribution in [0.5, 0.6) is 0 Å². The maximum atomic E-state index is 13.0. The molecule has 8 nitrogen and oxygen atoms in total. The molecule has 3 heterocycles. The van der Waals surface area contributed by atoms with E-state index in [1.807, 2.05) is 24.8 Å². The van der Waals surface area contributed by atoms with Gasteiger partial charge < -0.3 is 15.4 Å². The zero-order chi connectivity index (χ0) is 22.7. The summed E-state index contributed by atoms with van der Waals surface area (Å²) in [5, 5.41) is 0.201. The van der Waals surface area contributed by atoms with Crippen molar-refractivity contribution in [3.8, 4) is 0 Å². The Bertz CT molecular complexity index is 910. The van der Waals surface area contributed by atoms with Gasteiger partial charge in [0.15, 0.2) is 11.0 Å². The summed E-state index contributed by atoms with van der Waals surface area (Å²) in [5.41, 5.74) is 7.12. The van der Waals surface area contributed by atoms with Crippen LogP contribution in [0, 0.1) is 0 Å². The molecule has 0 aliphatic carbocycles. The minimum absolute atomic E-state index is 0.0249. The fourth-order valence-corrected chi connectivity index (χ4v) is 4.72. The van der Waals surface area contributed by atoms with Crippen LogP contribution in [-0.2, 0) is 11.3 Å².